The van der Waals surface area contributed by atoms with E-state index in [2.05, 4.69) is 27.9 Å². The summed E-state index contributed by atoms with van der Waals surface area (Å²) in [5.41, 5.74) is 1.10. The minimum absolute atomic E-state index is 0.0504. The molecule has 0 saturated carbocycles. The van der Waals surface area contributed by atoms with Crippen LogP contribution in [0.25, 0.3) is 0 Å². The summed E-state index contributed by atoms with van der Waals surface area (Å²) in [4.78, 5) is 24.0. The van der Waals surface area contributed by atoms with Crippen molar-refractivity contribution >= 4 is 45.8 Å². The van der Waals surface area contributed by atoms with Gasteiger partial charge in [0, 0.05) is 21.0 Å². The van der Waals surface area contributed by atoms with Gasteiger partial charge in [-0.05, 0) is 53.8 Å². The average molecular weight is 433 g/mol. The molecule has 0 unspecified atom stereocenters. The normalized spacial score (nSPS) is 10.4. The second-order valence-electron chi connectivity index (χ2n) is 4.59. The van der Waals surface area contributed by atoms with Crippen LogP contribution < -0.4 is 15.6 Å². The van der Waals surface area contributed by atoms with Crippen LogP contribution in [0.5, 0.6) is 5.75 Å². The number of halogens is 2. The van der Waals surface area contributed by atoms with E-state index in [0.717, 1.165) is 9.26 Å². The van der Waals surface area contributed by atoms with E-state index in [1.54, 1.807) is 31.2 Å². The maximum Gasteiger partial charge on any atom is 0.251 e. The molecule has 0 fully saturated rings. The van der Waals surface area contributed by atoms with Crippen LogP contribution in [0.4, 0.5) is 5.69 Å². The molecule has 1 aromatic heterocycles. The summed E-state index contributed by atoms with van der Waals surface area (Å²) >= 11 is 8.14. The Bertz CT molecular complexity index is 774. The first-order valence-electron chi connectivity index (χ1n) is 6.41. The number of anilines is 1. The maximum atomic E-state index is 12.1. The number of methoxy groups -OCH3 is 1. The lowest BCUT2D eigenvalue weighted by Gasteiger charge is -2.12. The summed E-state index contributed by atoms with van der Waals surface area (Å²) in [5.74, 6) is 0.234. The zero-order chi connectivity index (χ0) is 16.3. The van der Waals surface area contributed by atoms with Crippen molar-refractivity contribution in [1.82, 2.24) is 4.57 Å². The molecule has 0 aliphatic heterocycles. The van der Waals surface area contributed by atoms with Gasteiger partial charge in [-0.1, -0.05) is 11.6 Å². The predicted molar refractivity (Wildman–Crippen MR) is 94.8 cm³/mol. The summed E-state index contributed by atoms with van der Waals surface area (Å²) in [5, 5.41) is 3.12. The van der Waals surface area contributed by atoms with Gasteiger partial charge in [0.2, 0.25) is 5.91 Å². The number of benzene rings is 1. The van der Waals surface area contributed by atoms with Crippen LogP contribution in [-0.4, -0.2) is 17.6 Å². The Labute approximate surface area is 146 Å². The standard InChI is InChI=1S/C15H14ClIN2O3/c1-9-12(17)4-6-15(21)19(9)8-14(20)18-10-3-5-13(22-2)11(16)7-10/h3-7H,8H2,1-2H3,(H,18,20). The van der Waals surface area contributed by atoms with Gasteiger partial charge in [0.05, 0.1) is 12.1 Å². The Morgan fingerprint density at radius 3 is 2.73 bits per heavy atom. The Kier molecular flexibility index (Phi) is 5.47. The van der Waals surface area contributed by atoms with Crippen molar-refractivity contribution in [3.63, 3.8) is 0 Å². The summed E-state index contributed by atoms with van der Waals surface area (Å²) < 4.78 is 7.42. The molecule has 0 bridgehead atoms. The number of amides is 1. The molecule has 1 heterocycles. The molecule has 1 N–H and O–H groups in total. The van der Waals surface area contributed by atoms with Crippen molar-refractivity contribution in [3.05, 3.63) is 55.0 Å². The van der Waals surface area contributed by atoms with Crippen LogP contribution in [0.1, 0.15) is 5.69 Å². The molecule has 0 spiro atoms. The highest BCUT2D eigenvalue weighted by molar-refractivity contribution is 14.1. The van der Waals surface area contributed by atoms with Crippen LogP contribution in [0, 0.1) is 10.5 Å². The first kappa shape index (κ1) is 16.8. The highest BCUT2D eigenvalue weighted by Gasteiger charge is 2.10. The molecule has 0 aliphatic rings. The predicted octanol–water partition coefficient (Wildman–Crippen LogP) is 3.06. The molecule has 0 atom stereocenters. The number of pyridine rings is 1. The molecule has 2 rings (SSSR count). The first-order valence-corrected chi connectivity index (χ1v) is 7.87. The van der Waals surface area contributed by atoms with Crippen LogP contribution >= 0.6 is 34.2 Å². The molecule has 22 heavy (non-hydrogen) atoms. The van der Waals surface area contributed by atoms with Crippen molar-refractivity contribution in [2.24, 2.45) is 0 Å². The van der Waals surface area contributed by atoms with Crippen LogP contribution in [0.15, 0.2) is 35.1 Å². The van der Waals surface area contributed by atoms with Gasteiger partial charge < -0.3 is 14.6 Å². The monoisotopic (exact) mass is 432 g/mol. The van der Waals surface area contributed by atoms with E-state index in [0.29, 0.717) is 16.5 Å². The van der Waals surface area contributed by atoms with Gasteiger partial charge in [0.1, 0.15) is 12.3 Å². The molecule has 7 heteroatoms. The van der Waals surface area contributed by atoms with Crippen molar-refractivity contribution in [2.45, 2.75) is 13.5 Å². The van der Waals surface area contributed by atoms with Gasteiger partial charge in [-0.3, -0.25) is 9.59 Å². The summed E-state index contributed by atoms with van der Waals surface area (Å²) in [6.07, 6.45) is 0. The van der Waals surface area contributed by atoms with Gasteiger partial charge in [-0.15, -0.1) is 0 Å². The molecule has 1 aromatic carbocycles. The van der Waals surface area contributed by atoms with E-state index in [4.69, 9.17) is 16.3 Å². The van der Waals surface area contributed by atoms with E-state index in [-0.39, 0.29) is 18.0 Å². The third kappa shape index (κ3) is 3.80. The molecule has 0 radical (unpaired) electrons. The fourth-order valence-corrected chi connectivity index (χ4v) is 2.66. The Morgan fingerprint density at radius 1 is 1.36 bits per heavy atom. The molecule has 5 nitrogen and oxygen atoms in total. The number of nitrogens with zero attached hydrogens (tertiary/aromatic N) is 1. The number of hydrogen-bond donors (Lipinski definition) is 1. The molecule has 0 saturated heterocycles. The number of hydrogen-bond acceptors (Lipinski definition) is 3. The fraction of sp³-hybridized carbons (Fsp3) is 0.200. The number of aromatic nitrogens is 1. The summed E-state index contributed by atoms with van der Waals surface area (Å²) in [6, 6.07) is 8.14. The highest BCUT2D eigenvalue weighted by Crippen LogP contribution is 2.27. The van der Waals surface area contributed by atoms with Crippen molar-refractivity contribution in [3.8, 4) is 5.75 Å². The number of carbonyl (C=O) groups is 1. The third-order valence-corrected chi connectivity index (χ3v) is 4.56. The zero-order valence-electron chi connectivity index (χ0n) is 12.0. The number of ether oxygens (including phenoxy) is 1. The zero-order valence-corrected chi connectivity index (χ0v) is 14.9. The fourth-order valence-electron chi connectivity index (χ4n) is 1.93. The second kappa shape index (κ2) is 7.15. The lowest BCUT2D eigenvalue weighted by atomic mass is 10.3. The van der Waals surface area contributed by atoms with Gasteiger partial charge >= 0.3 is 0 Å². The maximum absolute atomic E-state index is 12.1. The van der Waals surface area contributed by atoms with Gasteiger partial charge in [0.25, 0.3) is 5.56 Å². The molecular weight excluding hydrogens is 419 g/mol. The highest BCUT2D eigenvalue weighted by atomic mass is 127. The quantitative estimate of drug-likeness (QED) is 0.756. The van der Waals surface area contributed by atoms with Crippen molar-refractivity contribution < 1.29 is 9.53 Å². The van der Waals surface area contributed by atoms with E-state index in [1.165, 1.54) is 17.7 Å². The van der Waals surface area contributed by atoms with E-state index in [9.17, 15) is 9.59 Å². The average Bonchev–Trinajstić information content (AvgIpc) is 2.48. The van der Waals surface area contributed by atoms with Gasteiger partial charge in [-0.2, -0.15) is 0 Å². The van der Waals surface area contributed by atoms with Gasteiger partial charge in [0.15, 0.2) is 0 Å². The van der Waals surface area contributed by atoms with Crippen LogP contribution in [0.2, 0.25) is 5.02 Å². The van der Waals surface area contributed by atoms with E-state index >= 15 is 0 Å². The lowest BCUT2D eigenvalue weighted by Crippen LogP contribution is -2.29. The smallest absolute Gasteiger partial charge is 0.251 e. The van der Waals surface area contributed by atoms with Crippen molar-refractivity contribution in [2.75, 3.05) is 12.4 Å². The SMILES string of the molecule is COc1ccc(NC(=O)Cn2c(C)c(I)ccc2=O)cc1Cl. The summed E-state index contributed by atoms with van der Waals surface area (Å²) in [6.45, 7) is 1.76. The molecule has 2 aromatic rings. The lowest BCUT2D eigenvalue weighted by molar-refractivity contribution is -0.116. The number of rotatable bonds is 4. The Morgan fingerprint density at radius 2 is 2.09 bits per heavy atom. The summed E-state index contributed by atoms with van der Waals surface area (Å²) in [7, 11) is 1.52. The molecule has 0 aliphatic carbocycles. The Hall–Kier alpha value is -1.54. The van der Waals surface area contributed by atoms with Crippen LogP contribution in [0.3, 0.4) is 0 Å². The topological polar surface area (TPSA) is 60.3 Å². The Balaban J connectivity index is 2.16. The van der Waals surface area contributed by atoms with Crippen molar-refractivity contribution in [1.29, 1.82) is 0 Å². The minimum atomic E-state index is -0.298. The number of carbonyl (C=O) groups excluding carboxylic acids is 1. The minimum Gasteiger partial charge on any atom is -0.495 e. The molecular formula is C15H14ClIN2O3. The molecule has 1 amide bonds. The van der Waals surface area contributed by atoms with Crippen LogP contribution in [-0.2, 0) is 11.3 Å². The van der Waals surface area contributed by atoms with E-state index < -0.39 is 0 Å². The first-order chi connectivity index (χ1) is 10.4. The second-order valence-corrected chi connectivity index (χ2v) is 6.16. The largest absolute Gasteiger partial charge is 0.495 e. The third-order valence-electron chi connectivity index (χ3n) is 3.13. The molecule has 116 valence electrons. The van der Waals surface area contributed by atoms with Gasteiger partial charge in [-0.25, -0.2) is 0 Å². The number of nitrogens with one attached hydrogen (secondary N) is 1. The van der Waals surface area contributed by atoms with E-state index in [1.807, 2.05) is 0 Å².